The lowest BCUT2D eigenvalue weighted by Gasteiger charge is -2.34. The smallest absolute Gasteiger partial charge is 0.355 e. The second kappa shape index (κ2) is 9.99. The summed E-state index contributed by atoms with van der Waals surface area (Å²) in [6.07, 6.45) is 1.47. The van der Waals surface area contributed by atoms with E-state index in [4.69, 9.17) is 9.15 Å². The van der Waals surface area contributed by atoms with Crippen molar-refractivity contribution in [2.45, 2.75) is 27.3 Å². The summed E-state index contributed by atoms with van der Waals surface area (Å²) < 4.78 is 12.4. The van der Waals surface area contributed by atoms with Gasteiger partial charge in [-0.15, -0.1) is 0 Å². The van der Waals surface area contributed by atoms with Gasteiger partial charge in [0.05, 0.1) is 18.4 Å². The Morgan fingerprint density at radius 3 is 2.15 bits per heavy atom. The maximum Gasteiger partial charge on any atom is 0.355 e. The van der Waals surface area contributed by atoms with Gasteiger partial charge in [-0.3, -0.25) is 9.59 Å². The molecule has 1 aliphatic heterocycles. The van der Waals surface area contributed by atoms with E-state index in [1.54, 1.807) is 35.8 Å². The third-order valence-corrected chi connectivity index (χ3v) is 6.22. The average Bonchev–Trinajstić information content (AvgIpc) is 3.46. The first-order chi connectivity index (χ1) is 16.4. The number of amides is 2. The number of piperazine rings is 1. The molecule has 178 valence electrons. The van der Waals surface area contributed by atoms with Crippen LogP contribution in [0.1, 0.15) is 55.1 Å². The summed E-state index contributed by atoms with van der Waals surface area (Å²) in [4.78, 5) is 42.4. The Kier molecular flexibility index (Phi) is 6.86. The number of carbonyl (C=O) groups is 3. The van der Waals surface area contributed by atoms with Crippen LogP contribution < -0.4 is 0 Å². The maximum atomic E-state index is 13.6. The number of hydrogen-bond acceptors (Lipinski definition) is 5. The van der Waals surface area contributed by atoms with E-state index in [2.05, 4.69) is 0 Å². The highest BCUT2D eigenvalue weighted by molar-refractivity contribution is 6.01. The van der Waals surface area contributed by atoms with Gasteiger partial charge in [0.2, 0.25) is 0 Å². The van der Waals surface area contributed by atoms with Crippen molar-refractivity contribution in [1.29, 1.82) is 0 Å². The van der Waals surface area contributed by atoms with E-state index in [0.29, 0.717) is 55.3 Å². The van der Waals surface area contributed by atoms with Crippen LogP contribution in [-0.2, 0) is 11.3 Å². The molecule has 3 heterocycles. The standard InChI is InChI=1S/C26H29N3O5/c1-4-33-26(32)23-18(2)22(19(3)29(23)17-20-9-6-5-7-10-20)25(31)28-14-12-27(13-15-28)24(30)21-11-8-16-34-21/h5-11,16H,4,12-15,17H2,1-3H3. The topological polar surface area (TPSA) is 85.0 Å². The average molecular weight is 464 g/mol. The summed E-state index contributed by atoms with van der Waals surface area (Å²) in [7, 11) is 0. The van der Waals surface area contributed by atoms with Gasteiger partial charge in [0.15, 0.2) is 5.76 Å². The van der Waals surface area contributed by atoms with Gasteiger partial charge in [0, 0.05) is 38.4 Å². The molecule has 0 spiro atoms. The summed E-state index contributed by atoms with van der Waals surface area (Å²) in [6, 6.07) is 13.1. The fraction of sp³-hybridized carbons (Fsp3) is 0.346. The van der Waals surface area contributed by atoms with Gasteiger partial charge < -0.3 is 23.5 Å². The number of aromatic nitrogens is 1. The third-order valence-electron chi connectivity index (χ3n) is 6.22. The number of hydrogen-bond donors (Lipinski definition) is 0. The van der Waals surface area contributed by atoms with E-state index in [0.717, 1.165) is 11.3 Å². The maximum absolute atomic E-state index is 13.6. The highest BCUT2D eigenvalue weighted by Crippen LogP contribution is 2.26. The van der Waals surface area contributed by atoms with Crippen molar-refractivity contribution >= 4 is 17.8 Å². The molecule has 8 nitrogen and oxygen atoms in total. The Morgan fingerprint density at radius 1 is 0.912 bits per heavy atom. The van der Waals surface area contributed by atoms with Gasteiger partial charge in [0.1, 0.15) is 5.69 Å². The van der Waals surface area contributed by atoms with Crippen LogP contribution in [0.4, 0.5) is 0 Å². The lowest BCUT2D eigenvalue weighted by Crippen LogP contribution is -2.50. The molecule has 0 aliphatic carbocycles. The largest absolute Gasteiger partial charge is 0.461 e. The highest BCUT2D eigenvalue weighted by Gasteiger charge is 2.32. The number of benzene rings is 1. The minimum atomic E-state index is -0.438. The number of furan rings is 1. The predicted octanol–water partition coefficient (Wildman–Crippen LogP) is 3.52. The Balaban J connectivity index is 1.58. The summed E-state index contributed by atoms with van der Waals surface area (Å²) >= 11 is 0. The number of nitrogens with zero attached hydrogens (tertiary/aromatic N) is 3. The molecule has 3 aromatic rings. The van der Waals surface area contributed by atoms with Crippen molar-refractivity contribution in [3.8, 4) is 0 Å². The molecule has 0 unspecified atom stereocenters. The Bertz CT molecular complexity index is 1170. The van der Waals surface area contributed by atoms with E-state index >= 15 is 0 Å². The fourth-order valence-corrected chi connectivity index (χ4v) is 4.46. The summed E-state index contributed by atoms with van der Waals surface area (Å²) in [5, 5.41) is 0. The third kappa shape index (κ3) is 4.48. The number of rotatable bonds is 6. The van der Waals surface area contributed by atoms with E-state index in [1.807, 2.05) is 41.8 Å². The van der Waals surface area contributed by atoms with Gasteiger partial charge in [-0.05, 0) is 44.0 Å². The molecule has 1 aromatic carbocycles. The van der Waals surface area contributed by atoms with E-state index in [-0.39, 0.29) is 18.4 Å². The second-order valence-corrected chi connectivity index (χ2v) is 8.29. The number of ether oxygens (including phenoxy) is 1. The van der Waals surface area contributed by atoms with Crippen LogP contribution in [0.5, 0.6) is 0 Å². The molecule has 0 radical (unpaired) electrons. The van der Waals surface area contributed by atoms with Crippen LogP contribution in [0, 0.1) is 13.8 Å². The molecule has 4 rings (SSSR count). The van der Waals surface area contributed by atoms with Crippen molar-refractivity contribution in [3.05, 3.63) is 82.6 Å². The van der Waals surface area contributed by atoms with Gasteiger partial charge in [-0.1, -0.05) is 30.3 Å². The predicted molar refractivity (Wildman–Crippen MR) is 126 cm³/mol. The molecule has 1 fully saturated rings. The first kappa shape index (κ1) is 23.4. The molecule has 34 heavy (non-hydrogen) atoms. The Morgan fingerprint density at radius 2 is 1.56 bits per heavy atom. The molecule has 2 amide bonds. The van der Waals surface area contributed by atoms with E-state index < -0.39 is 5.97 Å². The summed E-state index contributed by atoms with van der Waals surface area (Å²) in [6.45, 7) is 7.78. The van der Waals surface area contributed by atoms with Gasteiger partial charge >= 0.3 is 5.97 Å². The highest BCUT2D eigenvalue weighted by atomic mass is 16.5. The monoisotopic (exact) mass is 463 g/mol. The zero-order chi connectivity index (χ0) is 24.2. The van der Waals surface area contributed by atoms with Crippen LogP contribution in [0.3, 0.4) is 0 Å². The lowest BCUT2D eigenvalue weighted by molar-refractivity contribution is 0.0511. The van der Waals surface area contributed by atoms with Crippen molar-refractivity contribution < 1.29 is 23.5 Å². The molecule has 0 N–H and O–H groups in total. The van der Waals surface area contributed by atoms with Gasteiger partial charge in [-0.25, -0.2) is 4.79 Å². The lowest BCUT2D eigenvalue weighted by atomic mass is 10.1. The van der Waals surface area contributed by atoms with Crippen molar-refractivity contribution in [3.63, 3.8) is 0 Å². The van der Waals surface area contributed by atoms with E-state index in [9.17, 15) is 14.4 Å². The Hall–Kier alpha value is -3.81. The van der Waals surface area contributed by atoms with Crippen LogP contribution in [0.15, 0.2) is 53.1 Å². The van der Waals surface area contributed by atoms with Crippen molar-refractivity contribution in [2.24, 2.45) is 0 Å². The van der Waals surface area contributed by atoms with Crippen LogP contribution in [0.2, 0.25) is 0 Å². The normalized spacial score (nSPS) is 13.7. The second-order valence-electron chi connectivity index (χ2n) is 8.29. The van der Waals surface area contributed by atoms with Crippen LogP contribution >= 0.6 is 0 Å². The molecule has 0 bridgehead atoms. The molecule has 8 heteroatoms. The van der Waals surface area contributed by atoms with Gasteiger partial charge in [0.25, 0.3) is 11.8 Å². The first-order valence-corrected chi connectivity index (χ1v) is 11.4. The molecule has 2 aromatic heterocycles. The molecule has 1 saturated heterocycles. The van der Waals surface area contributed by atoms with Gasteiger partial charge in [-0.2, -0.15) is 0 Å². The zero-order valence-corrected chi connectivity index (χ0v) is 19.7. The minimum Gasteiger partial charge on any atom is -0.461 e. The van der Waals surface area contributed by atoms with Crippen LogP contribution in [-0.4, -0.2) is 64.9 Å². The Labute approximate surface area is 198 Å². The molecular formula is C26H29N3O5. The number of esters is 1. The van der Waals surface area contributed by atoms with Crippen molar-refractivity contribution in [2.75, 3.05) is 32.8 Å². The molecule has 1 aliphatic rings. The zero-order valence-electron chi connectivity index (χ0n) is 19.7. The quantitative estimate of drug-likeness (QED) is 0.522. The number of carbonyl (C=O) groups excluding carboxylic acids is 3. The summed E-state index contributed by atoms with van der Waals surface area (Å²) in [5.41, 5.74) is 3.28. The SMILES string of the molecule is CCOC(=O)c1c(C)c(C(=O)N2CCN(C(=O)c3ccco3)CC2)c(C)n1Cc1ccccc1. The summed E-state index contributed by atoms with van der Waals surface area (Å²) in [5.74, 6) is -0.462. The molecule has 0 atom stereocenters. The van der Waals surface area contributed by atoms with Crippen LogP contribution in [0.25, 0.3) is 0 Å². The van der Waals surface area contributed by atoms with Crippen molar-refractivity contribution in [1.82, 2.24) is 14.4 Å². The molecular weight excluding hydrogens is 434 g/mol. The fourth-order valence-electron chi connectivity index (χ4n) is 4.46. The first-order valence-electron chi connectivity index (χ1n) is 11.4. The molecule has 0 saturated carbocycles. The van der Waals surface area contributed by atoms with E-state index in [1.165, 1.54) is 6.26 Å². The minimum absolute atomic E-state index is 0.141.